The van der Waals surface area contributed by atoms with Crippen LogP contribution in [-0.4, -0.2) is 16.6 Å². The molecule has 0 rings (SSSR count). The van der Waals surface area contributed by atoms with E-state index in [1.807, 2.05) is 0 Å². The van der Waals surface area contributed by atoms with Gasteiger partial charge >= 0.3 is 0 Å². The molecule has 0 aliphatic heterocycles. The summed E-state index contributed by atoms with van der Waals surface area (Å²) in [6.07, 6.45) is 20.9. The highest BCUT2D eigenvalue weighted by Crippen LogP contribution is 2.13. The highest BCUT2D eigenvalue weighted by Gasteiger charge is 1.94. The Labute approximate surface area is 155 Å². The molecule has 0 saturated carbocycles. The molecular weight excluding hydrogens is 326 g/mol. The number of hydrogen-bond acceptors (Lipinski definition) is 2. The second-order valence-electron chi connectivity index (χ2n) is 6.26. The Bertz CT molecular complexity index is 234. The van der Waals surface area contributed by atoms with Crippen molar-refractivity contribution < 1.29 is 0 Å². The Hall–Kier alpha value is 0.590. The molecule has 0 atom stereocenters. The Morgan fingerprint density at radius 1 is 0.591 bits per heavy atom. The fraction of sp³-hybridized carbons (Fsp3) is 0.944. The normalized spacial score (nSPS) is 10.8. The lowest BCUT2D eigenvalue weighted by Gasteiger charge is -2.04. The lowest BCUT2D eigenvalue weighted by atomic mass is 10.0. The molecule has 0 heterocycles. The molecule has 1 N–H and O–H groups in total. The quantitative estimate of drug-likeness (QED) is 0.153. The minimum Gasteiger partial charge on any atom is -0.371 e. The van der Waals surface area contributed by atoms with Gasteiger partial charge in [-0.15, -0.1) is 12.6 Å². The number of thiol groups is 2. The third-order valence-electron chi connectivity index (χ3n) is 4.11. The first-order chi connectivity index (χ1) is 10.8. The lowest BCUT2D eigenvalue weighted by Crippen LogP contribution is -2.17. The molecule has 0 unspecified atom stereocenters. The van der Waals surface area contributed by atoms with Crippen molar-refractivity contribution in [3.05, 3.63) is 0 Å². The molecule has 4 heteroatoms. The van der Waals surface area contributed by atoms with Gasteiger partial charge in [-0.1, -0.05) is 95.7 Å². The van der Waals surface area contributed by atoms with Crippen molar-refractivity contribution in [3.8, 4) is 0 Å². The van der Waals surface area contributed by atoms with E-state index in [1.54, 1.807) is 0 Å². The largest absolute Gasteiger partial charge is 0.371 e. The van der Waals surface area contributed by atoms with Crippen molar-refractivity contribution >= 4 is 41.8 Å². The average Bonchev–Trinajstić information content (AvgIpc) is 2.50. The van der Waals surface area contributed by atoms with E-state index in [9.17, 15) is 0 Å². The van der Waals surface area contributed by atoms with Gasteiger partial charge in [0.25, 0.3) is 0 Å². The molecular formula is C18H37NS3. The predicted molar refractivity (Wildman–Crippen MR) is 113 cm³/mol. The van der Waals surface area contributed by atoms with E-state index in [4.69, 9.17) is 12.2 Å². The molecule has 0 aliphatic rings. The maximum Gasteiger partial charge on any atom is 0.130 e. The smallest absolute Gasteiger partial charge is 0.130 e. The fourth-order valence-electron chi connectivity index (χ4n) is 2.73. The Kier molecular flexibility index (Phi) is 20.2. The number of hydrogen-bond donors (Lipinski definition) is 3. The van der Waals surface area contributed by atoms with E-state index >= 15 is 0 Å². The van der Waals surface area contributed by atoms with Crippen LogP contribution >= 0.6 is 37.5 Å². The van der Waals surface area contributed by atoms with Crippen molar-refractivity contribution in [2.45, 2.75) is 96.3 Å². The zero-order chi connectivity index (χ0) is 16.3. The van der Waals surface area contributed by atoms with Crippen molar-refractivity contribution in [2.75, 3.05) is 12.3 Å². The zero-order valence-electron chi connectivity index (χ0n) is 14.3. The fourth-order valence-corrected chi connectivity index (χ4v) is 3.17. The topological polar surface area (TPSA) is 12.0 Å². The van der Waals surface area contributed by atoms with E-state index in [2.05, 4.69) is 30.6 Å². The summed E-state index contributed by atoms with van der Waals surface area (Å²) < 4.78 is 0.623. The number of thiocarbonyl (C=S) groups is 1. The van der Waals surface area contributed by atoms with Crippen LogP contribution in [0.2, 0.25) is 0 Å². The number of nitrogens with one attached hydrogen (secondary N) is 1. The monoisotopic (exact) mass is 363 g/mol. The second kappa shape index (κ2) is 19.6. The van der Waals surface area contributed by atoms with Gasteiger partial charge in [0.2, 0.25) is 0 Å². The summed E-state index contributed by atoms with van der Waals surface area (Å²) in [5.41, 5.74) is 0. The summed E-state index contributed by atoms with van der Waals surface area (Å²) in [6.45, 7) is 0.983. The Morgan fingerprint density at radius 3 is 1.23 bits per heavy atom. The van der Waals surface area contributed by atoms with Crippen LogP contribution in [0.5, 0.6) is 0 Å². The highest BCUT2D eigenvalue weighted by molar-refractivity contribution is 8.11. The lowest BCUT2D eigenvalue weighted by molar-refractivity contribution is 0.532. The first kappa shape index (κ1) is 22.6. The summed E-state index contributed by atoms with van der Waals surface area (Å²) in [6, 6.07) is 0. The van der Waals surface area contributed by atoms with Gasteiger partial charge < -0.3 is 5.32 Å². The van der Waals surface area contributed by atoms with Crippen LogP contribution in [0.3, 0.4) is 0 Å². The molecule has 0 fully saturated rings. The third-order valence-corrected chi connectivity index (χ3v) is 4.73. The van der Waals surface area contributed by atoms with Gasteiger partial charge in [0.15, 0.2) is 0 Å². The van der Waals surface area contributed by atoms with E-state index < -0.39 is 0 Å². The maximum atomic E-state index is 4.86. The van der Waals surface area contributed by atoms with E-state index in [0.29, 0.717) is 4.32 Å². The first-order valence-corrected chi connectivity index (χ1v) is 10.8. The minimum atomic E-state index is 0.623. The van der Waals surface area contributed by atoms with Gasteiger partial charge in [-0.05, 0) is 18.6 Å². The standard InChI is InChI=1S/C18H37NS3/c20-17-15-13-11-9-7-5-3-1-2-4-6-8-10-12-14-16-19-18(21)22/h20H,1-17H2,(H2,19,21,22). The van der Waals surface area contributed by atoms with E-state index in [1.165, 1.54) is 96.3 Å². The Balaban J connectivity index is 2.95. The van der Waals surface area contributed by atoms with Crippen molar-refractivity contribution in [2.24, 2.45) is 0 Å². The number of rotatable bonds is 17. The predicted octanol–water partition coefficient (Wildman–Crippen LogP) is 6.57. The first-order valence-electron chi connectivity index (χ1n) is 9.35. The molecule has 0 spiro atoms. The van der Waals surface area contributed by atoms with Crippen molar-refractivity contribution in [1.29, 1.82) is 0 Å². The molecule has 132 valence electrons. The molecule has 0 radical (unpaired) electrons. The van der Waals surface area contributed by atoms with Crippen LogP contribution in [0, 0.1) is 0 Å². The third kappa shape index (κ3) is 20.6. The van der Waals surface area contributed by atoms with Crippen LogP contribution in [0.1, 0.15) is 96.3 Å². The number of unbranched alkanes of at least 4 members (excludes halogenated alkanes) is 14. The molecule has 22 heavy (non-hydrogen) atoms. The summed E-state index contributed by atoms with van der Waals surface area (Å²) in [7, 11) is 0. The molecule has 1 nitrogen and oxygen atoms in total. The van der Waals surface area contributed by atoms with Gasteiger partial charge in [0.1, 0.15) is 4.32 Å². The summed E-state index contributed by atoms with van der Waals surface area (Å²) in [5, 5.41) is 3.09. The molecule has 0 saturated heterocycles. The summed E-state index contributed by atoms with van der Waals surface area (Å²) in [4.78, 5) is 0. The molecule has 0 aromatic heterocycles. The minimum absolute atomic E-state index is 0.623. The van der Waals surface area contributed by atoms with E-state index in [0.717, 1.165) is 12.3 Å². The molecule has 0 aromatic rings. The SMILES string of the molecule is S=C(S)NCCCCCCCCCCCCCCCCCS. The highest BCUT2D eigenvalue weighted by atomic mass is 32.1. The van der Waals surface area contributed by atoms with Crippen LogP contribution in [0.25, 0.3) is 0 Å². The van der Waals surface area contributed by atoms with Gasteiger partial charge in [0, 0.05) is 6.54 Å². The Morgan fingerprint density at radius 2 is 0.909 bits per heavy atom. The van der Waals surface area contributed by atoms with Crippen LogP contribution in [0.4, 0.5) is 0 Å². The molecule has 0 bridgehead atoms. The van der Waals surface area contributed by atoms with Crippen LogP contribution < -0.4 is 5.32 Å². The van der Waals surface area contributed by atoms with Gasteiger partial charge in [-0.25, -0.2) is 0 Å². The van der Waals surface area contributed by atoms with Gasteiger partial charge in [-0.2, -0.15) is 12.6 Å². The van der Waals surface area contributed by atoms with E-state index in [-0.39, 0.29) is 0 Å². The van der Waals surface area contributed by atoms with Gasteiger partial charge in [0.05, 0.1) is 0 Å². The molecule has 0 aliphatic carbocycles. The molecule has 0 amide bonds. The maximum absolute atomic E-state index is 4.86. The van der Waals surface area contributed by atoms with Crippen LogP contribution in [-0.2, 0) is 0 Å². The average molecular weight is 364 g/mol. The van der Waals surface area contributed by atoms with Gasteiger partial charge in [-0.3, -0.25) is 0 Å². The zero-order valence-corrected chi connectivity index (χ0v) is 16.9. The molecule has 0 aromatic carbocycles. The van der Waals surface area contributed by atoms with Crippen LogP contribution in [0.15, 0.2) is 0 Å². The van der Waals surface area contributed by atoms with Crippen molar-refractivity contribution in [3.63, 3.8) is 0 Å². The summed E-state index contributed by atoms with van der Waals surface area (Å²) >= 11 is 13.1. The summed E-state index contributed by atoms with van der Waals surface area (Å²) in [5.74, 6) is 1.06. The van der Waals surface area contributed by atoms with Crippen molar-refractivity contribution in [1.82, 2.24) is 5.32 Å². The second-order valence-corrected chi connectivity index (χ2v) is 7.86.